The zero-order chi connectivity index (χ0) is 15.1. The highest BCUT2D eigenvalue weighted by Crippen LogP contribution is 2.26. The van der Waals surface area contributed by atoms with Crippen molar-refractivity contribution in [2.45, 2.75) is 6.92 Å². The number of nitrogens with one attached hydrogen (secondary N) is 1. The van der Waals surface area contributed by atoms with Crippen LogP contribution in [0.25, 0.3) is 16.7 Å². The van der Waals surface area contributed by atoms with Gasteiger partial charge in [0.05, 0.1) is 27.3 Å². The predicted octanol–water partition coefficient (Wildman–Crippen LogP) is 2.98. The van der Waals surface area contributed by atoms with Crippen LogP contribution in [0.3, 0.4) is 0 Å². The number of aromatic nitrogens is 2. The second kappa shape index (κ2) is 4.79. The summed E-state index contributed by atoms with van der Waals surface area (Å²) in [7, 11) is 0. The molecule has 0 fully saturated rings. The van der Waals surface area contributed by atoms with Crippen LogP contribution in [0.4, 0.5) is 0 Å². The number of rotatable bonds is 2. The van der Waals surface area contributed by atoms with Gasteiger partial charge in [-0.2, -0.15) is 0 Å². The third-order valence-corrected chi connectivity index (χ3v) is 3.65. The summed E-state index contributed by atoms with van der Waals surface area (Å²) in [5, 5.41) is 9.46. The molecule has 0 saturated heterocycles. The molecule has 3 rings (SSSR count). The molecular formula is C15H11ClN2O3. The van der Waals surface area contributed by atoms with Crippen LogP contribution in [0.5, 0.6) is 0 Å². The Morgan fingerprint density at radius 3 is 2.71 bits per heavy atom. The molecule has 0 atom stereocenters. The van der Waals surface area contributed by atoms with Crippen molar-refractivity contribution in [1.29, 1.82) is 0 Å². The molecule has 5 nitrogen and oxygen atoms in total. The van der Waals surface area contributed by atoms with Crippen LogP contribution in [0, 0.1) is 6.92 Å². The van der Waals surface area contributed by atoms with Gasteiger partial charge in [0.25, 0.3) is 0 Å². The molecule has 0 bridgehead atoms. The minimum absolute atomic E-state index is 0.117. The number of H-pyrrole nitrogens is 1. The number of halogens is 1. The number of hydrogen-bond donors (Lipinski definition) is 2. The van der Waals surface area contributed by atoms with Crippen LogP contribution in [0.15, 0.2) is 41.2 Å². The number of carboxylic acid groups (broad SMARTS) is 1. The van der Waals surface area contributed by atoms with Crippen molar-refractivity contribution >= 4 is 28.6 Å². The third kappa shape index (κ3) is 2.11. The fourth-order valence-corrected chi connectivity index (χ4v) is 2.68. The molecule has 0 saturated carbocycles. The lowest BCUT2D eigenvalue weighted by atomic mass is 10.1. The van der Waals surface area contributed by atoms with E-state index in [0.29, 0.717) is 21.7 Å². The number of aryl methyl sites for hydroxylation is 1. The minimum atomic E-state index is -1.04. The monoisotopic (exact) mass is 302 g/mol. The van der Waals surface area contributed by atoms with Gasteiger partial charge in [0.1, 0.15) is 0 Å². The van der Waals surface area contributed by atoms with Crippen LogP contribution in [0.1, 0.15) is 15.9 Å². The highest BCUT2D eigenvalue weighted by Gasteiger charge is 2.15. The number of fused-ring (bicyclic) bond motifs is 1. The van der Waals surface area contributed by atoms with Crippen molar-refractivity contribution in [2.24, 2.45) is 0 Å². The summed E-state index contributed by atoms with van der Waals surface area (Å²) in [6.45, 7) is 1.86. The Kier molecular flexibility index (Phi) is 3.07. The van der Waals surface area contributed by atoms with Gasteiger partial charge in [0.2, 0.25) is 0 Å². The number of para-hydroxylation sites is 1. The Morgan fingerprint density at radius 2 is 2.05 bits per heavy atom. The lowest BCUT2D eigenvalue weighted by molar-refractivity contribution is 0.0697. The lowest BCUT2D eigenvalue weighted by Gasteiger charge is -2.09. The van der Waals surface area contributed by atoms with E-state index in [1.165, 1.54) is 16.7 Å². The van der Waals surface area contributed by atoms with E-state index in [4.69, 9.17) is 16.7 Å². The number of imidazole rings is 1. The van der Waals surface area contributed by atoms with Crippen molar-refractivity contribution in [3.05, 3.63) is 63.0 Å². The summed E-state index contributed by atoms with van der Waals surface area (Å²) in [5.74, 6) is -1.04. The van der Waals surface area contributed by atoms with Crippen LogP contribution >= 0.6 is 11.6 Å². The normalized spacial score (nSPS) is 11.0. The van der Waals surface area contributed by atoms with Crippen molar-refractivity contribution in [3.8, 4) is 5.69 Å². The molecule has 0 aliphatic rings. The van der Waals surface area contributed by atoms with Gasteiger partial charge in [0, 0.05) is 0 Å². The molecular weight excluding hydrogens is 292 g/mol. The quantitative estimate of drug-likeness (QED) is 0.764. The van der Waals surface area contributed by atoms with E-state index < -0.39 is 5.97 Å². The lowest BCUT2D eigenvalue weighted by Crippen LogP contribution is -2.16. The van der Waals surface area contributed by atoms with Crippen LogP contribution in [-0.4, -0.2) is 20.6 Å². The molecule has 2 aromatic carbocycles. The van der Waals surface area contributed by atoms with Crippen molar-refractivity contribution in [2.75, 3.05) is 0 Å². The highest BCUT2D eigenvalue weighted by molar-refractivity contribution is 6.32. The van der Waals surface area contributed by atoms with Crippen LogP contribution in [-0.2, 0) is 0 Å². The number of carboxylic acids is 1. The summed E-state index contributed by atoms with van der Waals surface area (Å²) in [5.41, 5.74) is 2.25. The molecule has 1 heterocycles. The number of hydrogen-bond acceptors (Lipinski definition) is 2. The standard InChI is InChI=1S/C15H11ClN2O3/c1-8-3-2-4-10(16)13(8)18-12-6-5-9(14(19)20)7-11(12)17-15(18)21/h2-7H,1H3,(H,17,21)(H,19,20). The van der Waals surface area contributed by atoms with E-state index >= 15 is 0 Å². The maximum absolute atomic E-state index is 12.2. The molecule has 106 valence electrons. The summed E-state index contributed by atoms with van der Waals surface area (Å²) in [6.07, 6.45) is 0. The Bertz CT molecular complexity index is 904. The maximum Gasteiger partial charge on any atom is 0.335 e. The van der Waals surface area contributed by atoms with E-state index in [1.54, 1.807) is 12.1 Å². The Morgan fingerprint density at radius 1 is 1.29 bits per heavy atom. The van der Waals surface area contributed by atoms with Gasteiger partial charge in [-0.3, -0.25) is 4.57 Å². The molecule has 0 spiro atoms. The van der Waals surface area contributed by atoms with Crippen molar-refractivity contribution < 1.29 is 9.90 Å². The van der Waals surface area contributed by atoms with Gasteiger partial charge in [-0.25, -0.2) is 9.59 Å². The second-order valence-electron chi connectivity index (χ2n) is 4.71. The first kappa shape index (κ1) is 13.5. The van der Waals surface area contributed by atoms with E-state index in [9.17, 15) is 9.59 Å². The van der Waals surface area contributed by atoms with E-state index in [0.717, 1.165) is 5.56 Å². The van der Waals surface area contributed by atoms with Gasteiger partial charge in [-0.1, -0.05) is 23.7 Å². The number of carbonyl (C=O) groups is 1. The predicted molar refractivity (Wildman–Crippen MR) is 80.6 cm³/mol. The SMILES string of the molecule is Cc1cccc(Cl)c1-n1c(=O)[nH]c2cc(C(=O)O)ccc21. The smallest absolute Gasteiger partial charge is 0.335 e. The fraction of sp³-hybridized carbons (Fsp3) is 0.0667. The van der Waals surface area contributed by atoms with Gasteiger partial charge in [0.15, 0.2) is 0 Å². The van der Waals surface area contributed by atoms with Crippen molar-refractivity contribution in [1.82, 2.24) is 9.55 Å². The Labute approximate surface area is 124 Å². The van der Waals surface area contributed by atoms with E-state index in [2.05, 4.69) is 4.98 Å². The first-order valence-electron chi connectivity index (χ1n) is 6.22. The molecule has 0 aliphatic heterocycles. The Balaban J connectivity index is 2.36. The molecule has 1 aromatic heterocycles. The fourth-order valence-electron chi connectivity index (χ4n) is 2.37. The van der Waals surface area contributed by atoms with Crippen molar-refractivity contribution in [3.63, 3.8) is 0 Å². The molecule has 0 radical (unpaired) electrons. The summed E-state index contributed by atoms with van der Waals surface area (Å²) < 4.78 is 1.46. The average Bonchev–Trinajstić information content (AvgIpc) is 2.74. The molecule has 0 aliphatic carbocycles. The highest BCUT2D eigenvalue weighted by atomic mass is 35.5. The molecule has 0 unspecified atom stereocenters. The summed E-state index contributed by atoms with van der Waals surface area (Å²) >= 11 is 6.21. The number of benzene rings is 2. The summed E-state index contributed by atoms with van der Waals surface area (Å²) in [6, 6.07) is 9.87. The van der Waals surface area contributed by atoms with Gasteiger partial charge in [-0.05, 0) is 36.8 Å². The molecule has 0 amide bonds. The molecule has 2 N–H and O–H groups in total. The zero-order valence-corrected chi connectivity index (χ0v) is 11.8. The number of nitrogens with zero attached hydrogens (tertiary/aromatic N) is 1. The molecule has 3 aromatic rings. The first-order chi connectivity index (χ1) is 9.99. The second-order valence-corrected chi connectivity index (χ2v) is 5.12. The molecule has 21 heavy (non-hydrogen) atoms. The largest absolute Gasteiger partial charge is 0.478 e. The Hall–Kier alpha value is -2.53. The number of aromatic amines is 1. The van der Waals surface area contributed by atoms with E-state index in [1.807, 2.05) is 19.1 Å². The third-order valence-electron chi connectivity index (χ3n) is 3.34. The molecule has 6 heteroatoms. The first-order valence-corrected chi connectivity index (χ1v) is 6.60. The van der Waals surface area contributed by atoms with Crippen LogP contribution in [0.2, 0.25) is 5.02 Å². The van der Waals surface area contributed by atoms with Gasteiger partial charge >= 0.3 is 11.7 Å². The topological polar surface area (TPSA) is 75.1 Å². The van der Waals surface area contributed by atoms with Gasteiger partial charge in [-0.15, -0.1) is 0 Å². The average molecular weight is 303 g/mol. The number of aromatic carboxylic acids is 1. The minimum Gasteiger partial charge on any atom is -0.478 e. The maximum atomic E-state index is 12.2. The van der Waals surface area contributed by atoms with Gasteiger partial charge < -0.3 is 10.1 Å². The summed E-state index contributed by atoms with van der Waals surface area (Å²) in [4.78, 5) is 25.9. The van der Waals surface area contributed by atoms with Crippen LogP contribution < -0.4 is 5.69 Å². The van der Waals surface area contributed by atoms with E-state index in [-0.39, 0.29) is 11.3 Å². The zero-order valence-electron chi connectivity index (χ0n) is 11.1.